The van der Waals surface area contributed by atoms with Crippen molar-refractivity contribution in [1.82, 2.24) is 9.88 Å². The van der Waals surface area contributed by atoms with Crippen molar-refractivity contribution in [1.29, 1.82) is 0 Å². The van der Waals surface area contributed by atoms with Crippen LogP contribution in [-0.4, -0.2) is 50.0 Å². The summed E-state index contributed by atoms with van der Waals surface area (Å²) in [5.41, 5.74) is 4.41. The number of hydrogen-bond acceptors (Lipinski definition) is 5. The fourth-order valence-electron chi connectivity index (χ4n) is 5.81. The van der Waals surface area contributed by atoms with Gasteiger partial charge in [-0.25, -0.2) is 12.8 Å². The lowest BCUT2D eigenvalue weighted by Crippen LogP contribution is -2.26. The van der Waals surface area contributed by atoms with Crippen molar-refractivity contribution in [2.75, 3.05) is 24.7 Å². The Morgan fingerprint density at radius 3 is 2.33 bits per heavy atom. The van der Waals surface area contributed by atoms with E-state index in [1.54, 1.807) is 26.0 Å². The van der Waals surface area contributed by atoms with E-state index in [1.165, 1.54) is 42.7 Å². The number of para-hydroxylation sites is 1. The zero-order chi connectivity index (χ0) is 33.0. The number of carbonyl (C=O) groups excluding carboxylic acids is 1. The summed E-state index contributed by atoms with van der Waals surface area (Å²) < 4.78 is 49.0. The van der Waals surface area contributed by atoms with Crippen LogP contribution in [0.4, 0.5) is 10.1 Å². The summed E-state index contributed by atoms with van der Waals surface area (Å²) in [5, 5.41) is 14.9. The number of fused-ring (bicyclic) bond motifs is 2. The van der Waals surface area contributed by atoms with E-state index in [4.69, 9.17) is 4.42 Å². The predicted molar refractivity (Wildman–Crippen MR) is 181 cm³/mol. The number of halogens is 1. The molecule has 6 aromatic rings. The predicted octanol–water partition coefficient (Wildman–Crippen LogP) is 7.05. The van der Waals surface area contributed by atoms with E-state index < -0.39 is 27.3 Å². The van der Waals surface area contributed by atoms with E-state index >= 15 is 0 Å². The maximum atomic E-state index is 13.8. The highest BCUT2D eigenvalue weighted by atomic mass is 32.2. The largest absolute Gasteiger partial charge is 0.455 e. The molecule has 0 aliphatic heterocycles. The fraction of sp³-hybridized carbons (Fsp3) is 0.194. The third kappa shape index (κ3) is 5.77. The van der Waals surface area contributed by atoms with Gasteiger partial charge >= 0.3 is 0 Å². The van der Waals surface area contributed by atoms with Crippen molar-refractivity contribution in [2.45, 2.75) is 26.0 Å². The molecule has 0 bridgehead atoms. The zero-order valence-electron chi connectivity index (χ0n) is 26.1. The Morgan fingerprint density at radius 1 is 0.957 bits per heavy atom. The third-order valence-corrected chi connectivity index (χ3v) is 9.22. The molecule has 0 unspecified atom stereocenters. The van der Waals surface area contributed by atoms with E-state index in [9.17, 15) is 22.7 Å². The number of carbonyl (C=O) groups is 1. The standard InChI is InChI=1S/C36H34FN3O5S/c1-36(2,42)21-40-29-12-7-6-9-25(29)18-30(40)24-11-8-10-23(17-24)27-19-28-32(20-31(27)39(4)46(5,43)44)45-34(33(28)35(41)38-3)22-13-15-26(37)16-14-22/h6-20,42H,21H2,1-5H3,(H,38,41). The lowest BCUT2D eigenvalue weighted by atomic mass is 9.96. The SMILES string of the molecule is CNC(=O)c1c(-c2ccc(F)cc2)oc2cc(N(C)S(C)(=O)=O)c(-c3cccc(-c4cc5ccccc5n4CC(C)(C)O)c3)cc12. The molecule has 236 valence electrons. The molecule has 10 heteroatoms. The van der Waals surface area contributed by atoms with Gasteiger partial charge in [0.25, 0.3) is 5.91 Å². The van der Waals surface area contributed by atoms with Gasteiger partial charge in [-0.05, 0) is 73.5 Å². The smallest absolute Gasteiger partial charge is 0.255 e. The molecule has 6 rings (SSSR count). The van der Waals surface area contributed by atoms with E-state index in [0.29, 0.717) is 39.9 Å². The van der Waals surface area contributed by atoms with Crippen LogP contribution in [0.2, 0.25) is 0 Å². The second-order valence-corrected chi connectivity index (χ2v) is 14.1. The maximum Gasteiger partial charge on any atom is 0.255 e. The average Bonchev–Trinajstić information content (AvgIpc) is 3.57. The molecule has 4 aromatic carbocycles. The molecule has 0 aliphatic rings. The number of nitrogens with zero attached hydrogens (tertiary/aromatic N) is 2. The summed E-state index contributed by atoms with van der Waals surface area (Å²) in [5.74, 6) is -0.593. The number of benzene rings is 4. The van der Waals surface area contributed by atoms with Crippen LogP contribution in [0.25, 0.3) is 55.6 Å². The van der Waals surface area contributed by atoms with Gasteiger partial charge in [-0.1, -0.05) is 36.4 Å². The molecule has 0 spiro atoms. The molecule has 0 saturated carbocycles. The highest BCUT2D eigenvalue weighted by Gasteiger charge is 2.26. The van der Waals surface area contributed by atoms with Crippen LogP contribution in [0.5, 0.6) is 0 Å². The van der Waals surface area contributed by atoms with Crippen molar-refractivity contribution in [2.24, 2.45) is 0 Å². The Morgan fingerprint density at radius 2 is 1.65 bits per heavy atom. The minimum Gasteiger partial charge on any atom is -0.455 e. The van der Waals surface area contributed by atoms with Crippen molar-refractivity contribution in [3.05, 3.63) is 102 Å². The van der Waals surface area contributed by atoms with E-state index in [1.807, 2.05) is 48.5 Å². The first kappa shape index (κ1) is 31.1. The minimum absolute atomic E-state index is 0.240. The van der Waals surface area contributed by atoms with Gasteiger partial charge in [-0.15, -0.1) is 0 Å². The molecule has 2 N–H and O–H groups in total. The lowest BCUT2D eigenvalue weighted by molar-refractivity contribution is 0.0632. The minimum atomic E-state index is -3.70. The molecule has 0 radical (unpaired) electrons. The average molecular weight is 640 g/mol. The first-order valence-electron chi connectivity index (χ1n) is 14.7. The van der Waals surface area contributed by atoms with Gasteiger partial charge < -0.3 is 19.4 Å². The van der Waals surface area contributed by atoms with Crippen LogP contribution >= 0.6 is 0 Å². The number of amides is 1. The first-order valence-corrected chi connectivity index (χ1v) is 16.5. The molecule has 1 amide bonds. The highest BCUT2D eigenvalue weighted by molar-refractivity contribution is 7.92. The maximum absolute atomic E-state index is 13.8. The number of aliphatic hydroxyl groups is 1. The van der Waals surface area contributed by atoms with Gasteiger partial charge in [-0.3, -0.25) is 9.10 Å². The van der Waals surface area contributed by atoms with Gasteiger partial charge in [-0.2, -0.15) is 0 Å². The quantitative estimate of drug-likeness (QED) is 0.186. The van der Waals surface area contributed by atoms with Crippen LogP contribution in [0.3, 0.4) is 0 Å². The van der Waals surface area contributed by atoms with Crippen molar-refractivity contribution >= 4 is 43.5 Å². The lowest BCUT2D eigenvalue weighted by Gasteiger charge is -2.22. The number of nitrogens with one attached hydrogen (secondary N) is 1. The van der Waals surface area contributed by atoms with Gasteiger partial charge in [0.1, 0.15) is 17.2 Å². The van der Waals surface area contributed by atoms with Crippen LogP contribution < -0.4 is 9.62 Å². The Bertz CT molecular complexity index is 2230. The van der Waals surface area contributed by atoms with Gasteiger partial charge in [0, 0.05) is 53.3 Å². The molecule has 0 saturated heterocycles. The molecule has 0 atom stereocenters. The molecular formula is C36H34FN3O5S. The first-order chi connectivity index (χ1) is 21.7. The number of rotatable bonds is 8. The molecule has 8 nitrogen and oxygen atoms in total. The number of furan rings is 1. The van der Waals surface area contributed by atoms with Crippen molar-refractivity contribution < 1.29 is 27.1 Å². The Kier molecular flexibility index (Phi) is 7.74. The fourth-order valence-corrected chi connectivity index (χ4v) is 6.32. The van der Waals surface area contributed by atoms with Crippen LogP contribution in [0.15, 0.2) is 95.4 Å². The summed E-state index contributed by atoms with van der Waals surface area (Å²) in [6.07, 6.45) is 1.12. The molecule has 46 heavy (non-hydrogen) atoms. The normalized spacial score (nSPS) is 12.2. The molecular weight excluding hydrogens is 605 g/mol. The van der Waals surface area contributed by atoms with Crippen LogP contribution in [0.1, 0.15) is 24.2 Å². The van der Waals surface area contributed by atoms with Crippen LogP contribution in [0, 0.1) is 5.82 Å². The van der Waals surface area contributed by atoms with Gasteiger partial charge in [0.05, 0.1) is 29.7 Å². The Hall–Kier alpha value is -4.93. The van der Waals surface area contributed by atoms with Crippen molar-refractivity contribution in [3.8, 4) is 33.7 Å². The second kappa shape index (κ2) is 11.5. The summed E-state index contributed by atoms with van der Waals surface area (Å²) in [7, 11) is -0.725. The number of aromatic nitrogens is 1. The van der Waals surface area contributed by atoms with E-state index in [2.05, 4.69) is 16.0 Å². The third-order valence-electron chi connectivity index (χ3n) is 8.03. The summed E-state index contributed by atoms with van der Waals surface area (Å²) in [6, 6.07) is 26.7. The van der Waals surface area contributed by atoms with E-state index in [-0.39, 0.29) is 11.3 Å². The highest BCUT2D eigenvalue weighted by Crippen LogP contribution is 2.42. The Labute approximate surface area is 266 Å². The molecule has 2 aromatic heterocycles. The summed E-state index contributed by atoms with van der Waals surface area (Å²) in [6.45, 7) is 3.88. The summed E-state index contributed by atoms with van der Waals surface area (Å²) >= 11 is 0. The Balaban J connectivity index is 1.61. The van der Waals surface area contributed by atoms with Crippen molar-refractivity contribution in [3.63, 3.8) is 0 Å². The monoisotopic (exact) mass is 639 g/mol. The molecule has 0 fully saturated rings. The number of hydrogen-bond donors (Lipinski definition) is 2. The topological polar surface area (TPSA) is 105 Å². The second-order valence-electron chi connectivity index (χ2n) is 12.1. The number of anilines is 1. The summed E-state index contributed by atoms with van der Waals surface area (Å²) in [4.78, 5) is 13.3. The molecule has 0 aliphatic carbocycles. The zero-order valence-corrected chi connectivity index (χ0v) is 26.9. The van der Waals surface area contributed by atoms with E-state index in [0.717, 1.165) is 28.4 Å². The van der Waals surface area contributed by atoms with Crippen LogP contribution in [-0.2, 0) is 16.6 Å². The molecule has 2 heterocycles. The van der Waals surface area contributed by atoms with Gasteiger partial charge in [0.15, 0.2) is 0 Å². The van der Waals surface area contributed by atoms with Gasteiger partial charge in [0.2, 0.25) is 10.0 Å². The number of sulfonamides is 1.